The van der Waals surface area contributed by atoms with Crippen molar-refractivity contribution in [1.29, 1.82) is 0 Å². The third-order valence-electron chi connectivity index (χ3n) is 12.3. The highest BCUT2D eigenvalue weighted by atomic mass is 32.1. The van der Waals surface area contributed by atoms with Crippen molar-refractivity contribution in [3.63, 3.8) is 0 Å². The lowest BCUT2D eigenvalue weighted by atomic mass is 9.77. The smallest absolute Gasteiger partial charge is 0.273 e. The number of para-hydroxylation sites is 1. The number of rotatable bonds is 21. The molecule has 20 nitrogen and oxygen atoms in total. The molecule has 7 N–H and O–H groups in total. The number of hydrogen-bond acceptors (Lipinski definition) is 15. The first-order valence-corrected chi connectivity index (χ1v) is 24.2. The molecule has 1 unspecified atom stereocenters. The van der Waals surface area contributed by atoms with Crippen LogP contribution in [0, 0.1) is 30.1 Å². The number of anilines is 3. The molecule has 2 saturated carbocycles. The lowest BCUT2D eigenvalue weighted by Gasteiger charge is -2.33. The highest BCUT2D eigenvalue weighted by Gasteiger charge is 2.46. The van der Waals surface area contributed by atoms with Gasteiger partial charge in [0.05, 0.1) is 64.7 Å². The Morgan fingerprint density at radius 3 is 2.34 bits per heavy atom. The molecule has 21 heteroatoms. The van der Waals surface area contributed by atoms with Crippen molar-refractivity contribution in [2.45, 2.75) is 97.9 Å². The Hall–Kier alpha value is -7.13. The van der Waals surface area contributed by atoms with Crippen LogP contribution in [0.3, 0.4) is 0 Å². The van der Waals surface area contributed by atoms with Gasteiger partial charge in [-0.05, 0) is 67.7 Å². The molecule has 0 saturated heterocycles. The number of hydrogen-bond donors (Lipinski definition) is 7. The molecule has 2 fully saturated rings. The average Bonchev–Trinajstić information content (AvgIpc) is 3.73. The maximum atomic E-state index is 14.1. The summed E-state index contributed by atoms with van der Waals surface area (Å²) in [5.74, 6) is -2.63. The number of aliphatic hydroxyl groups is 1. The lowest BCUT2D eigenvalue weighted by molar-refractivity contribution is -0.137. The fourth-order valence-electron chi connectivity index (χ4n) is 8.37. The summed E-state index contributed by atoms with van der Waals surface area (Å²) in [6, 6.07) is 13.7. The van der Waals surface area contributed by atoms with Crippen molar-refractivity contribution in [2.24, 2.45) is 23.2 Å². The van der Waals surface area contributed by atoms with Crippen LogP contribution in [0.1, 0.15) is 87.5 Å². The van der Waals surface area contributed by atoms with E-state index in [0.29, 0.717) is 22.8 Å². The molecular formula is C49H60N12O8S. The lowest BCUT2D eigenvalue weighted by Crippen LogP contribution is -2.52. The van der Waals surface area contributed by atoms with Crippen LogP contribution in [0.4, 0.5) is 17.2 Å². The Morgan fingerprint density at radius 1 is 0.914 bits per heavy atom. The zero-order valence-electron chi connectivity index (χ0n) is 40.1. The number of amides is 5. The first-order valence-electron chi connectivity index (χ1n) is 23.3. The number of aliphatic hydroxyl groups excluding tert-OH is 1. The number of carbonyl (C=O) groups is 6. The van der Waals surface area contributed by atoms with Crippen molar-refractivity contribution in [3.05, 3.63) is 77.3 Å². The third kappa shape index (κ3) is 12.7. The first-order chi connectivity index (χ1) is 33.5. The Labute approximate surface area is 409 Å². The van der Waals surface area contributed by atoms with Crippen LogP contribution >= 0.6 is 11.3 Å². The summed E-state index contributed by atoms with van der Waals surface area (Å²) in [5, 5.41) is 40.5. The standard InChI is InChI=1S/C49H60N12O8S/c1-27-43(70-26-54-27)29-15-13-28(14-16-29)24-52-47(67)34-22-31(62)21-33(34)41(65)44(49(2,3)4)57-39(64)12-8-11-38(63)51-19-20-61-25-53-45(60-61)32-9-7-10-35(42(32)69-6)55-36-23-37(56-46(66)30-17-18-30)58-59-40(36)48(68)50-5/h7,9-10,13-16,23,25-26,30-31,33-34,44,62H,8,11-12,17-22,24H2,1-6H3,(H,50,68)(H,51,63)(H,52,67)(H,57,64)(H2,55,56,58,66)/t31-,33?,34+,44+/m0/s1. The van der Waals surface area contributed by atoms with Crippen LogP contribution in [-0.4, -0.2) is 103 Å². The van der Waals surface area contributed by atoms with E-state index in [2.05, 4.69) is 57.2 Å². The highest BCUT2D eigenvalue weighted by molar-refractivity contribution is 7.13. The van der Waals surface area contributed by atoms with Crippen LogP contribution in [-0.2, 0) is 37.1 Å². The molecule has 0 bridgehead atoms. The van der Waals surface area contributed by atoms with Gasteiger partial charge in [-0.3, -0.25) is 33.4 Å². The molecular weight excluding hydrogens is 917 g/mol. The number of nitrogens with zero attached hydrogens (tertiary/aromatic N) is 6. The van der Waals surface area contributed by atoms with Gasteiger partial charge in [-0.1, -0.05) is 51.1 Å². The van der Waals surface area contributed by atoms with E-state index in [4.69, 9.17) is 4.74 Å². The molecule has 2 aromatic carbocycles. The van der Waals surface area contributed by atoms with Gasteiger partial charge < -0.3 is 41.7 Å². The summed E-state index contributed by atoms with van der Waals surface area (Å²) in [7, 11) is 2.96. The highest BCUT2D eigenvalue weighted by Crippen LogP contribution is 2.39. The Bertz CT molecular complexity index is 2710. The number of methoxy groups -OCH3 is 1. The summed E-state index contributed by atoms with van der Waals surface area (Å²) in [4.78, 5) is 88.7. The molecule has 3 aromatic heterocycles. The van der Waals surface area contributed by atoms with Gasteiger partial charge in [0.2, 0.25) is 23.6 Å². The van der Waals surface area contributed by atoms with Crippen LogP contribution in [0.15, 0.2) is 60.4 Å². The molecule has 0 aliphatic heterocycles. The number of thiazole rings is 1. The Balaban J connectivity index is 0.876. The van der Waals surface area contributed by atoms with Gasteiger partial charge in [0.15, 0.2) is 28.9 Å². The normalized spacial score (nSPS) is 17.0. The van der Waals surface area contributed by atoms with E-state index < -0.39 is 41.2 Å². The summed E-state index contributed by atoms with van der Waals surface area (Å²) in [6.45, 7) is 8.25. The van der Waals surface area contributed by atoms with E-state index in [9.17, 15) is 33.9 Å². The maximum Gasteiger partial charge on any atom is 0.273 e. The quantitative estimate of drug-likeness (QED) is 0.0525. The fraction of sp³-hybridized carbons (Fsp3) is 0.449. The Morgan fingerprint density at radius 2 is 1.66 bits per heavy atom. The average molecular weight is 977 g/mol. The number of Topliss-reactive ketones (excluding diaryl/α,β-unsaturated/α-hetero) is 1. The number of ketones is 1. The molecule has 70 heavy (non-hydrogen) atoms. The van der Waals surface area contributed by atoms with E-state index >= 15 is 0 Å². The van der Waals surface area contributed by atoms with Gasteiger partial charge in [0.25, 0.3) is 5.91 Å². The molecule has 5 amide bonds. The maximum absolute atomic E-state index is 14.1. The van der Waals surface area contributed by atoms with Crippen molar-refractivity contribution >= 4 is 63.8 Å². The van der Waals surface area contributed by atoms with Crippen LogP contribution < -0.4 is 36.6 Å². The van der Waals surface area contributed by atoms with Crippen molar-refractivity contribution < 1.29 is 38.6 Å². The van der Waals surface area contributed by atoms with Crippen molar-refractivity contribution in [1.82, 2.24) is 51.2 Å². The molecule has 7 rings (SSSR count). The number of aromatic nitrogens is 6. The number of nitrogens with one attached hydrogen (secondary N) is 6. The predicted octanol–water partition coefficient (Wildman–Crippen LogP) is 4.72. The minimum Gasteiger partial charge on any atom is -0.494 e. The van der Waals surface area contributed by atoms with Crippen molar-refractivity contribution in [2.75, 3.05) is 31.3 Å². The summed E-state index contributed by atoms with van der Waals surface area (Å²) < 4.78 is 7.35. The van der Waals surface area contributed by atoms with E-state index in [1.165, 1.54) is 26.6 Å². The second kappa shape index (κ2) is 22.5. The minimum atomic E-state index is -0.922. The monoisotopic (exact) mass is 976 g/mol. The third-order valence-corrected chi connectivity index (χ3v) is 13.3. The number of carbonyl (C=O) groups excluding carboxylic acids is 6. The van der Waals surface area contributed by atoms with Gasteiger partial charge in [0, 0.05) is 50.9 Å². The number of ether oxygens (including phenoxy) is 1. The molecule has 0 radical (unpaired) electrons. The topological polar surface area (TPSA) is 273 Å². The molecule has 2 aliphatic rings. The molecule has 370 valence electrons. The van der Waals surface area contributed by atoms with Gasteiger partial charge in [-0.25, -0.2) is 9.97 Å². The first kappa shape index (κ1) is 50.7. The van der Waals surface area contributed by atoms with Gasteiger partial charge >= 0.3 is 0 Å². The molecule has 0 spiro atoms. The van der Waals surface area contributed by atoms with Gasteiger partial charge in [0.1, 0.15) is 6.33 Å². The second-order valence-electron chi connectivity index (χ2n) is 18.7. The van der Waals surface area contributed by atoms with E-state index in [1.54, 1.807) is 39.7 Å². The van der Waals surface area contributed by atoms with E-state index in [1.807, 2.05) is 52.0 Å². The zero-order chi connectivity index (χ0) is 50.1. The molecule has 5 aromatic rings. The van der Waals surface area contributed by atoms with Gasteiger partial charge in [-0.15, -0.1) is 21.5 Å². The van der Waals surface area contributed by atoms with Crippen molar-refractivity contribution in [3.8, 4) is 27.6 Å². The van der Waals surface area contributed by atoms with Crippen LogP contribution in [0.5, 0.6) is 5.75 Å². The van der Waals surface area contributed by atoms with E-state index in [-0.39, 0.29) is 98.4 Å². The summed E-state index contributed by atoms with van der Waals surface area (Å²) >= 11 is 1.56. The predicted molar refractivity (Wildman–Crippen MR) is 262 cm³/mol. The fourth-order valence-corrected chi connectivity index (χ4v) is 9.18. The molecule has 3 heterocycles. The number of aryl methyl sites for hydroxylation is 1. The minimum absolute atomic E-state index is 0.00301. The SMILES string of the molecule is CNC(=O)c1nnc(NC(=O)C2CC2)cc1Nc1cccc(-c2ncn(CCNC(=O)CCCC(=O)N[C@H](C(=O)C3C[C@H](O)C[C@H]3C(=O)NCc3ccc(-c4scnc4C)cc3)C(C)(C)C)n2)c1OC. The molecule has 2 aliphatic carbocycles. The summed E-state index contributed by atoms with van der Waals surface area (Å²) in [6.07, 6.45) is 2.87. The molecule has 4 atom stereocenters. The Kier molecular flexibility index (Phi) is 16.3. The second-order valence-corrected chi connectivity index (χ2v) is 19.5. The van der Waals surface area contributed by atoms with Crippen LogP contribution in [0.2, 0.25) is 0 Å². The summed E-state index contributed by atoms with van der Waals surface area (Å²) in [5.41, 5.74) is 5.29. The largest absolute Gasteiger partial charge is 0.494 e. The van der Waals surface area contributed by atoms with E-state index in [0.717, 1.165) is 34.5 Å². The van der Waals surface area contributed by atoms with Gasteiger partial charge in [-0.2, -0.15) is 5.10 Å². The zero-order valence-corrected chi connectivity index (χ0v) is 40.9. The van der Waals surface area contributed by atoms with Crippen LogP contribution in [0.25, 0.3) is 21.8 Å². The number of benzene rings is 2.